The summed E-state index contributed by atoms with van der Waals surface area (Å²) in [5.74, 6) is -0.0911. The van der Waals surface area contributed by atoms with Gasteiger partial charge in [0.15, 0.2) is 0 Å². The van der Waals surface area contributed by atoms with E-state index in [-0.39, 0.29) is 11.7 Å². The SMILES string of the molecule is CC(C)c1cc(CNO)cc(Br)c1F. The molecule has 1 rings (SSSR count). The normalized spacial score (nSPS) is 11.0. The summed E-state index contributed by atoms with van der Waals surface area (Å²) in [5, 5.41) is 8.55. The first kappa shape index (κ1) is 11.6. The molecule has 0 aliphatic rings. The van der Waals surface area contributed by atoms with E-state index in [0.717, 1.165) is 5.56 Å². The zero-order chi connectivity index (χ0) is 10.7. The van der Waals surface area contributed by atoms with Gasteiger partial charge in [-0.3, -0.25) is 0 Å². The van der Waals surface area contributed by atoms with Crippen molar-refractivity contribution >= 4 is 15.9 Å². The molecule has 0 bridgehead atoms. The van der Waals surface area contributed by atoms with Crippen LogP contribution in [0.1, 0.15) is 30.9 Å². The molecule has 14 heavy (non-hydrogen) atoms. The standard InChI is InChI=1S/C10H13BrFNO/c1-6(2)8-3-7(5-13-14)4-9(11)10(8)12/h3-4,6,13-14H,5H2,1-2H3. The number of nitrogens with one attached hydrogen (secondary N) is 1. The van der Waals surface area contributed by atoms with Gasteiger partial charge in [-0.2, -0.15) is 0 Å². The number of benzene rings is 1. The van der Waals surface area contributed by atoms with Gasteiger partial charge in [0.05, 0.1) is 4.47 Å². The molecule has 2 nitrogen and oxygen atoms in total. The molecule has 0 aliphatic heterocycles. The molecule has 1 aromatic carbocycles. The molecule has 0 radical (unpaired) electrons. The smallest absolute Gasteiger partial charge is 0.140 e. The summed E-state index contributed by atoms with van der Waals surface area (Å²) in [5.41, 5.74) is 3.56. The Morgan fingerprint density at radius 1 is 1.50 bits per heavy atom. The van der Waals surface area contributed by atoms with E-state index in [9.17, 15) is 4.39 Å². The van der Waals surface area contributed by atoms with Gasteiger partial charge < -0.3 is 5.21 Å². The van der Waals surface area contributed by atoms with Gasteiger partial charge in [-0.15, -0.1) is 0 Å². The third-order valence-electron chi connectivity index (χ3n) is 2.02. The number of hydrogen-bond acceptors (Lipinski definition) is 2. The highest BCUT2D eigenvalue weighted by Crippen LogP contribution is 2.26. The minimum Gasteiger partial charge on any atom is -0.316 e. The van der Waals surface area contributed by atoms with E-state index < -0.39 is 0 Å². The van der Waals surface area contributed by atoms with Crippen molar-refractivity contribution in [3.05, 3.63) is 33.5 Å². The van der Waals surface area contributed by atoms with Crippen molar-refractivity contribution in [1.29, 1.82) is 0 Å². The Morgan fingerprint density at radius 3 is 2.64 bits per heavy atom. The lowest BCUT2D eigenvalue weighted by Crippen LogP contribution is -2.07. The van der Waals surface area contributed by atoms with Gasteiger partial charge in [0.1, 0.15) is 5.82 Å². The fraction of sp³-hybridized carbons (Fsp3) is 0.400. The van der Waals surface area contributed by atoms with Crippen LogP contribution in [-0.2, 0) is 6.54 Å². The molecule has 0 saturated heterocycles. The molecule has 0 aromatic heterocycles. The monoisotopic (exact) mass is 261 g/mol. The number of rotatable bonds is 3. The molecule has 0 atom stereocenters. The van der Waals surface area contributed by atoms with Crippen molar-refractivity contribution in [1.82, 2.24) is 5.48 Å². The minimum atomic E-state index is -0.221. The molecule has 0 heterocycles. The highest BCUT2D eigenvalue weighted by Gasteiger charge is 2.11. The number of halogens is 2. The first-order valence-corrected chi connectivity index (χ1v) is 5.20. The maximum absolute atomic E-state index is 13.5. The number of hydroxylamine groups is 1. The first-order valence-electron chi connectivity index (χ1n) is 4.41. The van der Waals surface area contributed by atoms with Crippen molar-refractivity contribution in [2.75, 3.05) is 0 Å². The second kappa shape index (κ2) is 4.87. The average molecular weight is 262 g/mol. The van der Waals surface area contributed by atoms with Crippen molar-refractivity contribution in [2.24, 2.45) is 0 Å². The molecule has 0 aliphatic carbocycles. The summed E-state index contributed by atoms with van der Waals surface area (Å²) in [6.45, 7) is 4.18. The van der Waals surface area contributed by atoms with E-state index in [0.29, 0.717) is 16.6 Å². The van der Waals surface area contributed by atoms with E-state index in [1.54, 1.807) is 12.1 Å². The minimum absolute atomic E-state index is 0.130. The highest BCUT2D eigenvalue weighted by atomic mass is 79.9. The van der Waals surface area contributed by atoms with E-state index >= 15 is 0 Å². The van der Waals surface area contributed by atoms with Crippen LogP contribution in [0.4, 0.5) is 4.39 Å². The lowest BCUT2D eigenvalue weighted by atomic mass is 10.0. The van der Waals surface area contributed by atoms with Crippen LogP contribution in [0, 0.1) is 5.82 Å². The molecule has 0 amide bonds. The molecule has 0 spiro atoms. The van der Waals surface area contributed by atoms with Gasteiger partial charge >= 0.3 is 0 Å². The summed E-state index contributed by atoms with van der Waals surface area (Å²) in [6, 6.07) is 3.42. The van der Waals surface area contributed by atoms with Gasteiger partial charge in [-0.05, 0) is 39.0 Å². The van der Waals surface area contributed by atoms with Gasteiger partial charge in [-0.25, -0.2) is 9.87 Å². The van der Waals surface area contributed by atoms with Gasteiger partial charge in [0, 0.05) is 6.54 Å². The van der Waals surface area contributed by atoms with E-state index in [4.69, 9.17) is 5.21 Å². The Morgan fingerprint density at radius 2 is 2.14 bits per heavy atom. The topological polar surface area (TPSA) is 32.3 Å². The van der Waals surface area contributed by atoms with Crippen molar-refractivity contribution < 1.29 is 9.60 Å². The van der Waals surface area contributed by atoms with Gasteiger partial charge in [0.2, 0.25) is 0 Å². The van der Waals surface area contributed by atoms with Crippen molar-refractivity contribution in [3.8, 4) is 0 Å². The average Bonchev–Trinajstić information content (AvgIpc) is 2.11. The molecule has 2 N–H and O–H groups in total. The zero-order valence-corrected chi connectivity index (χ0v) is 9.73. The van der Waals surface area contributed by atoms with Crippen LogP contribution in [0.5, 0.6) is 0 Å². The fourth-order valence-corrected chi connectivity index (χ4v) is 1.81. The Balaban J connectivity index is 3.14. The lowest BCUT2D eigenvalue weighted by Gasteiger charge is -2.11. The van der Waals surface area contributed by atoms with E-state index in [1.165, 1.54) is 0 Å². The van der Waals surface area contributed by atoms with Crippen LogP contribution < -0.4 is 5.48 Å². The number of hydrogen-bond donors (Lipinski definition) is 2. The molecule has 0 fully saturated rings. The molecule has 1 aromatic rings. The molecule has 0 saturated carbocycles. The van der Waals surface area contributed by atoms with Crippen LogP contribution in [0.3, 0.4) is 0 Å². The molecular formula is C10H13BrFNO. The Labute approximate surface area is 91.2 Å². The van der Waals surface area contributed by atoms with Gasteiger partial charge in [0.25, 0.3) is 0 Å². The van der Waals surface area contributed by atoms with Crippen LogP contribution in [0.15, 0.2) is 16.6 Å². The third kappa shape index (κ3) is 2.53. The largest absolute Gasteiger partial charge is 0.316 e. The third-order valence-corrected chi connectivity index (χ3v) is 2.60. The highest BCUT2D eigenvalue weighted by molar-refractivity contribution is 9.10. The van der Waals surface area contributed by atoms with Gasteiger partial charge in [-0.1, -0.05) is 19.9 Å². The molecule has 78 valence electrons. The van der Waals surface area contributed by atoms with E-state index in [1.807, 2.05) is 13.8 Å². The zero-order valence-electron chi connectivity index (χ0n) is 8.14. The summed E-state index contributed by atoms with van der Waals surface area (Å²) in [6.07, 6.45) is 0. The summed E-state index contributed by atoms with van der Waals surface area (Å²) >= 11 is 3.15. The predicted octanol–water partition coefficient (Wildman–Crippen LogP) is 3.19. The van der Waals surface area contributed by atoms with Crippen molar-refractivity contribution in [2.45, 2.75) is 26.3 Å². The maximum Gasteiger partial charge on any atom is 0.140 e. The first-order chi connectivity index (χ1) is 6.56. The van der Waals surface area contributed by atoms with Crippen LogP contribution in [-0.4, -0.2) is 5.21 Å². The maximum atomic E-state index is 13.5. The second-order valence-corrected chi connectivity index (χ2v) is 4.32. The Kier molecular flexibility index (Phi) is 4.04. The molecular weight excluding hydrogens is 249 g/mol. The summed E-state index contributed by atoms with van der Waals surface area (Å²) in [7, 11) is 0. The predicted molar refractivity (Wildman–Crippen MR) is 56.8 cm³/mol. The second-order valence-electron chi connectivity index (χ2n) is 3.47. The fourth-order valence-electron chi connectivity index (χ4n) is 1.28. The summed E-state index contributed by atoms with van der Waals surface area (Å²) in [4.78, 5) is 0. The Bertz CT molecular complexity index is 328. The quantitative estimate of drug-likeness (QED) is 0.820. The lowest BCUT2D eigenvalue weighted by molar-refractivity contribution is 0.161. The molecule has 4 heteroatoms. The summed E-state index contributed by atoms with van der Waals surface area (Å²) < 4.78 is 14.0. The van der Waals surface area contributed by atoms with Crippen molar-refractivity contribution in [3.63, 3.8) is 0 Å². The van der Waals surface area contributed by atoms with Crippen LogP contribution >= 0.6 is 15.9 Å². The Hall–Kier alpha value is -0.450. The molecule has 0 unspecified atom stereocenters. The van der Waals surface area contributed by atoms with Crippen LogP contribution in [0.2, 0.25) is 0 Å². The van der Waals surface area contributed by atoms with E-state index in [2.05, 4.69) is 21.4 Å². The van der Waals surface area contributed by atoms with Crippen LogP contribution in [0.25, 0.3) is 0 Å².